The Labute approximate surface area is 306 Å². The van der Waals surface area contributed by atoms with E-state index in [1.807, 2.05) is 60.7 Å². The van der Waals surface area contributed by atoms with Gasteiger partial charge in [0.1, 0.15) is 11.2 Å². The second-order valence-electron chi connectivity index (χ2n) is 14.8. The van der Waals surface area contributed by atoms with Gasteiger partial charge in [-0.15, -0.1) is 0 Å². The van der Waals surface area contributed by atoms with E-state index in [4.69, 9.17) is 19.4 Å². The standard InChI is InChI=1S/C48H34N4O/c1-48(2)37-20-11-9-18-32(37)35-27-36-33-19-10-12-21-39(33)52(41(36)28-38(35)48)40-22-13-23-42-44(40)34-25-24-31(26-43(34)53-42)47-50-45(29-14-5-3-6-15-29)49-46(51-47)30-16-7-4-8-17-30/h3-28,35,38H,1-2H3. The third kappa shape index (κ3) is 4.47. The van der Waals surface area contributed by atoms with Crippen LogP contribution in [0.25, 0.3) is 84.8 Å². The molecular weight excluding hydrogens is 649 g/mol. The lowest BCUT2D eigenvalue weighted by Gasteiger charge is -2.29. The fraction of sp³-hybridized carbons (Fsp3) is 0.104. The summed E-state index contributed by atoms with van der Waals surface area (Å²) in [5.41, 5.74) is 9.61. The molecule has 0 saturated carbocycles. The third-order valence-corrected chi connectivity index (χ3v) is 11.5. The zero-order chi connectivity index (χ0) is 35.3. The van der Waals surface area contributed by atoms with Gasteiger partial charge in [-0.3, -0.25) is 0 Å². The quantitative estimate of drug-likeness (QED) is 0.185. The van der Waals surface area contributed by atoms with Crippen molar-refractivity contribution in [1.29, 1.82) is 0 Å². The van der Waals surface area contributed by atoms with Crippen LogP contribution in [0.2, 0.25) is 0 Å². The Morgan fingerprint density at radius 2 is 1.23 bits per heavy atom. The van der Waals surface area contributed by atoms with Gasteiger partial charge in [-0.2, -0.15) is 0 Å². The zero-order valence-electron chi connectivity index (χ0n) is 29.4. The minimum Gasteiger partial charge on any atom is -0.456 e. The van der Waals surface area contributed by atoms with Gasteiger partial charge < -0.3 is 8.98 Å². The monoisotopic (exact) mass is 682 g/mol. The smallest absolute Gasteiger partial charge is 0.164 e. The van der Waals surface area contributed by atoms with E-state index in [1.54, 1.807) is 0 Å². The molecule has 9 aromatic rings. The van der Waals surface area contributed by atoms with Crippen LogP contribution in [0.4, 0.5) is 0 Å². The largest absolute Gasteiger partial charge is 0.456 e. The lowest BCUT2D eigenvalue weighted by atomic mass is 9.74. The van der Waals surface area contributed by atoms with Crippen LogP contribution in [-0.4, -0.2) is 19.5 Å². The van der Waals surface area contributed by atoms with E-state index in [9.17, 15) is 0 Å². The van der Waals surface area contributed by atoms with Crippen LogP contribution >= 0.6 is 0 Å². The molecule has 3 heterocycles. The summed E-state index contributed by atoms with van der Waals surface area (Å²) in [5.74, 6) is 2.56. The normalized spacial score (nSPS) is 16.9. The molecule has 0 fully saturated rings. The SMILES string of the molecule is CC1(C)c2ccccc2C2C=c3c(n(-c4cccc5oc6cc(-c7nc(-c8ccccc8)nc(-c8ccccc8)n7)ccc6c45)c4ccccc34)=CC21. The van der Waals surface area contributed by atoms with Crippen LogP contribution in [-0.2, 0) is 5.41 Å². The van der Waals surface area contributed by atoms with Gasteiger partial charge in [-0.1, -0.05) is 141 Å². The summed E-state index contributed by atoms with van der Waals surface area (Å²) in [6.07, 6.45) is 5.09. The molecule has 0 amide bonds. The average molecular weight is 683 g/mol. The molecule has 252 valence electrons. The molecule has 0 N–H and O–H groups in total. The number of furan rings is 1. The molecule has 0 spiro atoms. The molecule has 53 heavy (non-hydrogen) atoms. The first-order valence-electron chi connectivity index (χ1n) is 18.3. The average Bonchev–Trinajstić information content (AvgIpc) is 3.83. The van der Waals surface area contributed by atoms with Crippen molar-refractivity contribution in [3.05, 3.63) is 167 Å². The maximum absolute atomic E-state index is 6.68. The number of benzene rings is 6. The lowest BCUT2D eigenvalue weighted by Crippen LogP contribution is -2.37. The molecule has 6 aromatic carbocycles. The van der Waals surface area contributed by atoms with Gasteiger partial charge in [-0.25, -0.2) is 15.0 Å². The minimum atomic E-state index is 0.0112. The van der Waals surface area contributed by atoms with Crippen molar-refractivity contribution in [3.63, 3.8) is 0 Å². The summed E-state index contributed by atoms with van der Waals surface area (Å²) in [4.78, 5) is 14.8. The van der Waals surface area contributed by atoms with Gasteiger partial charge >= 0.3 is 0 Å². The highest BCUT2D eigenvalue weighted by molar-refractivity contribution is 6.10. The van der Waals surface area contributed by atoms with Crippen molar-refractivity contribution in [2.75, 3.05) is 0 Å². The predicted molar refractivity (Wildman–Crippen MR) is 214 cm³/mol. The number of para-hydroxylation sites is 1. The van der Waals surface area contributed by atoms with E-state index in [-0.39, 0.29) is 5.41 Å². The highest BCUT2D eigenvalue weighted by Gasteiger charge is 2.45. The predicted octanol–water partition coefficient (Wildman–Crippen LogP) is 9.98. The Balaban J connectivity index is 1.11. The highest BCUT2D eigenvalue weighted by Crippen LogP contribution is 2.52. The summed E-state index contributed by atoms with van der Waals surface area (Å²) >= 11 is 0. The molecule has 2 unspecified atom stereocenters. The highest BCUT2D eigenvalue weighted by atomic mass is 16.3. The number of hydrogen-bond acceptors (Lipinski definition) is 4. The van der Waals surface area contributed by atoms with Gasteiger partial charge in [0.2, 0.25) is 0 Å². The third-order valence-electron chi connectivity index (χ3n) is 11.5. The Morgan fingerprint density at radius 1 is 0.566 bits per heavy atom. The molecule has 11 rings (SSSR count). The van der Waals surface area contributed by atoms with E-state index in [0.29, 0.717) is 29.3 Å². The summed E-state index contributed by atoms with van der Waals surface area (Å²) in [6.45, 7) is 4.80. The number of aromatic nitrogens is 4. The number of fused-ring (bicyclic) bond motifs is 9. The Hall–Kier alpha value is -6.59. The first-order valence-corrected chi connectivity index (χ1v) is 18.3. The maximum Gasteiger partial charge on any atom is 0.164 e. The van der Waals surface area contributed by atoms with E-state index in [2.05, 4.69) is 115 Å². The van der Waals surface area contributed by atoms with Crippen LogP contribution in [0.1, 0.15) is 30.9 Å². The molecule has 3 aromatic heterocycles. The maximum atomic E-state index is 6.68. The number of rotatable bonds is 4. The Kier molecular flexibility index (Phi) is 6.36. The van der Waals surface area contributed by atoms with E-state index >= 15 is 0 Å². The minimum absolute atomic E-state index is 0.0112. The van der Waals surface area contributed by atoms with Crippen molar-refractivity contribution in [2.45, 2.75) is 25.2 Å². The summed E-state index contributed by atoms with van der Waals surface area (Å²) in [6, 6.07) is 50.7. The molecule has 0 radical (unpaired) electrons. The Morgan fingerprint density at radius 3 is 1.98 bits per heavy atom. The van der Waals surface area contributed by atoms with Crippen molar-refractivity contribution < 1.29 is 4.42 Å². The molecule has 0 aliphatic heterocycles. The van der Waals surface area contributed by atoms with Crippen LogP contribution in [0.5, 0.6) is 0 Å². The second-order valence-corrected chi connectivity index (χ2v) is 14.8. The molecule has 0 bridgehead atoms. The number of nitrogens with zero attached hydrogens (tertiary/aromatic N) is 4. The van der Waals surface area contributed by atoms with E-state index in [1.165, 1.54) is 32.6 Å². The van der Waals surface area contributed by atoms with Crippen LogP contribution < -0.4 is 10.6 Å². The van der Waals surface area contributed by atoms with Gasteiger partial charge in [0, 0.05) is 38.6 Å². The summed E-state index contributed by atoms with van der Waals surface area (Å²) in [7, 11) is 0. The molecule has 0 saturated heterocycles. The Bertz CT molecular complexity index is 2990. The lowest BCUT2D eigenvalue weighted by molar-refractivity contribution is 0.421. The number of hydrogen-bond donors (Lipinski definition) is 0. The molecule has 2 aliphatic rings. The van der Waals surface area contributed by atoms with Gasteiger partial charge in [0.25, 0.3) is 0 Å². The molecule has 2 atom stereocenters. The van der Waals surface area contributed by atoms with Crippen LogP contribution in [0.15, 0.2) is 150 Å². The van der Waals surface area contributed by atoms with Crippen molar-refractivity contribution in [2.24, 2.45) is 5.92 Å². The van der Waals surface area contributed by atoms with Gasteiger partial charge in [0.15, 0.2) is 17.5 Å². The fourth-order valence-electron chi connectivity index (χ4n) is 9.01. The second kappa shape index (κ2) is 11.2. The van der Waals surface area contributed by atoms with Gasteiger partial charge in [0.05, 0.1) is 21.9 Å². The molecule has 5 heteroatoms. The van der Waals surface area contributed by atoms with Crippen molar-refractivity contribution >= 4 is 45.0 Å². The van der Waals surface area contributed by atoms with Crippen LogP contribution in [0.3, 0.4) is 0 Å². The molecule has 5 nitrogen and oxygen atoms in total. The molecule has 2 aliphatic carbocycles. The van der Waals surface area contributed by atoms with E-state index < -0.39 is 0 Å². The zero-order valence-corrected chi connectivity index (χ0v) is 29.4. The first kappa shape index (κ1) is 30.1. The summed E-state index contributed by atoms with van der Waals surface area (Å²) < 4.78 is 9.15. The van der Waals surface area contributed by atoms with Crippen LogP contribution in [0, 0.1) is 5.92 Å². The molecular formula is C48H34N4O. The first-order chi connectivity index (χ1) is 26.0. The van der Waals surface area contributed by atoms with Gasteiger partial charge in [-0.05, 0) is 52.8 Å². The van der Waals surface area contributed by atoms with Crippen molar-refractivity contribution in [1.82, 2.24) is 19.5 Å². The topological polar surface area (TPSA) is 56.7 Å². The van der Waals surface area contributed by atoms with E-state index in [0.717, 1.165) is 44.3 Å². The fourth-order valence-corrected chi connectivity index (χ4v) is 9.01. The summed E-state index contributed by atoms with van der Waals surface area (Å²) in [5, 5.41) is 5.97. The van der Waals surface area contributed by atoms with Crippen molar-refractivity contribution in [3.8, 4) is 39.9 Å².